The van der Waals surface area contributed by atoms with Gasteiger partial charge in [-0.15, -0.1) is 0 Å². The summed E-state index contributed by atoms with van der Waals surface area (Å²) in [6, 6.07) is 9.80. The van der Waals surface area contributed by atoms with Gasteiger partial charge in [-0.3, -0.25) is 4.79 Å². The van der Waals surface area contributed by atoms with E-state index < -0.39 is 0 Å². The van der Waals surface area contributed by atoms with Gasteiger partial charge in [0.25, 0.3) is 0 Å². The normalized spacial score (nSPS) is 20.1. The number of para-hydroxylation sites is 1. The van der Waals surface area contributed by atoms with Gasteiger partial charge < -0.3 is 15.1 Å². The third kappa shape index (κ3) is 2.85. The maximum absolute atomic E-state index is 12.0. The zero-order chi connectivity index (χ0) is 13.9. The van der Waals surface area contributed by atoms with E-state index in [9.17, 15) is 4.79 Å². The minimum atomic E-state index is -0.0933. The lowest BCUT2D eigenvalue weighted by Crippen LogP contribution is -2.28. The Morgan fingerprint density at radius 2 is 2.35 bits per heavy atom. The summed E-state index contributed by atoms with van der Waals surface area (Å²) >= 11 is 0. The van der Waals surface area contributed by atoms with E-state index in [0.29, 0.717) is 12.3 Å². The smallest absolute Gasteiger partial charge is 0.220 e. The van der Waals surface area contributed by atoms with Crippen molar-refractivity contribution < 1.29 is 9.21 Å². The molecule has 4 heteroatoms. The van der Waals surface area contributed by atoms with Gasteiger partial charge in [-0.2, -0.15) is 0 Å². The highest BCUT2D eigenvalue weighted by Crippen LogP contribution is 2.23. The SMILES string of the molecule is CC(NC(=O)CC1CCNC1)c1cc2ccccc2o1. The summed E-state index contributed by atoms with van der Waals surface area (Å²) in [5.41, 5.74) is 0.864. The molecule has 1 saturated heterocycles. The fraction of sp³-hybridized carbons (Fsp3) is 0.438. The Kier molecular flexibility index (Phi) is 3.74. The Morgan fingerprint density at radius 3 is 3.10 bits per heavy atom. The molecule has 20 heavy (non-hydrogen) atoms. The van der Waals surface area contributed by atoms with Gasteiger partial charge in [0.15, 0.2) is 0 Å². The molecule has 2 aromatic rings. The largest absolute Gasteiger partial charge is 0.459 e. The number of hydrogen-bond acceptors (Lipinski definition) is 3. The fourth-order valence-corrected chi connectivity index (χ4v) is 2.74. The summed E-state index contributed by atoms with van der Waals surface area (Å²) in [6.45, 7) is 3.94. The average molecular weight is 272 g/mol. The molecule has 1 aliphatic heterocycles. The van der Waals surface area contributed by atoms with Crippen LogP contribution in [0.3, 0.4) is 0 Å². The molecule has 2 heterocycles. The first-order chi connectivity index (χ1) is 9.72. The number of carbonyl (C=O) groups excluding carboxylic acids is 1. The molecule has 1 aliphatic rings. The second-order valence-corrected chi connectivity index (χ2v) is 5.54. The summed E-state index contributed by atoms with van der Waals surface area (Å²) in [5, 5.41) is 7.38. The number of rotatable bonds is 4. The van der Waals surface area contributed by atoms with Crippen LogP contribution in [0.2, 0.25) is 0 Å². The first kappa shape index (κ1) is 13.2. The molecule has 0 bridgehead atoms. The third-order valence-electron chi connectivity index (χ3n) is 3.89. The minimum Gasteiger partial charge on any atom is -0.459 e. The second kappa shape index (κ2) is 5.67. The van der Waals surface area contributed by atoms with Crippen LogP contribution in [0.4, 0.5) is 0 Å². The summed E-state index contributed by atoms with van der Waals surface area (Å²) < 4.78 is 5.77. The van der Waals surface area contributed by atoms with E-state index in [1.54, 1.807) is 0 Å². The Labute approximate surface area is 118 Å². The first-order valence-corrected chi connectivity index (χ1v) is 7.21. The van der Waals surface area contributed by atoms with Gasteiger partial charge in [-0.1, -0.05) is 18.2 Å². The van der Waals surface area contributed by atoms with Gasteiger partial charge in [0.1, 0.15) is 11.3 Å². The zero-order valence-electron chi connectivity index (χ0n) is 11.7. The highest BCUT2D eigenvalue weighted by atomic mass is 16.3. The molecule has 106 valence electrons. The second-order valence-electron chi connectivity index (χ2n) is 5.54. The van der Waals surface area contributed by atoms with Crippen molar-refractivity contribution in [3.63, 3.8) is 0 Å². The van der Waals surface area contributed by atoms with E-state index in [4.69, 9.17) is 4.42 Å². The van der Waals surface area contributed by atoms with E-state index in [-0.39, 0.29) is 11.9 Å². The minimum absolute atomic E-state index is 0.0933. The predicted octanol–water partition coefficient (Wildman–Crippen LogP) is 2.61. The molecule has 2 unspecified atom stereocenters. The molecule has 1 aromatic heterocycles. The first-order valence-electron chi connectivity index (χ1n) is 7.21. The lowest BCUT2D eigenvalue weighted by molar-refractivity contribution is -0.122. The highest BCUT2D eigenvalue weighted by molar-refractivity contribution is 5.79. The summed E-state index contributed by atoms with van der Waals surface area (Å²) in [4.78, 5) is 12.0. The van der Waals surface area contributed by atoms with Gasteiger partial charge in [0, 0.05) is 11.8 Å². The molecule has 2 N–H and O–H groups in total. The van der Waals surface area contributed by atoms with Gasteiger partial charge in [-0.25, -0.2) is 0 Å². The number of nitrogens with one attached hydrogen (secondary N) is 2. The topological polar surface area (TPSA) is 54.3 Å². The third-order valence-corrected chi connectivity index (χ3v) is 3.89. The molecule has 2 atom stereocenters. The van der Waals surface area contributed by atoms with E-state index in [1.165, 1.54) is 0 Å². The maximum Gasteiger partial charge on any atom is 0.220 e. The molecule has 1 fully saturated rings. The molecule has 3 rings (SSSR count). The Morgan fingerprint density at radius 1 is 1.50 bits per heavy atom. The molecule has 4 nitrogen and oxygen atoms in total. The summed E-state index contributed by atoms with van der Waals surface area (Å²) in [6.07, 6.45) is 1.68. The molecular formula is C16H20N2O2. The van der Waals surface area contributed by atoms with Crippen molar-refractivity contribution in [2.75, 3.05) is 13.1 Å². The Hall–Kier alpha value is -1.81. The molecule has 0 spiro atoms. The lowest BCUT2D eigenvalue weighted by atomic mass is 10.0. The van der Waals surface area contributed by atoms with Crippen LogP contribution in [0.5, 0.6) is 0 Å². The summed E-state index contributed by atoms with van der Waals surface area (Å²) in [5.74, 6) is 1.38. The molecular weight excluding hydrogens is 252 g/mol. The van der Waals surface area contributed by atoms with E-state index in [2.05, 4.69) is 10.6 Å². The van der Waals surface area contributed by atoms with Crippen LogP contribution in [-0.2, 0) is 4.79 Å². The zero-order valence-corrected chi connectivity index (χ0v) is 11.7. The van der Waals surface area contributed by atoms with Crippen molar-refractivity contribution in [3.8, 4) is 0 Å². The Bertz CT molecular complexity index is 566. The molecule has 0 radical (unpaired) electrons. The van der Waals surface area contributed by atoms with E-state index in [1.807, 2.05) is 37.3 Å². The van der Waals surface area contributed by atoms with Crippen molar-refractivity contribution in [3.05, 3.63) is 36.1 Å². The average Bonchev–Trinajstić information content (AvgIpc) is 3.06. The van der Waals surface area contributed by atoms with Gasteiger partial charge in [-0.05, 0) is 44.5 Å². The van der Waals surface area contributed by atoms with Crippen molar-refractivity contribution in [1.29, 1.82) is 0 Å². The van der Waals surface area contributed by atoms with Crippen LogP contribution in [0, 0.1) is 5.92 Å². The maximum atomic E-state index is 12.0. The molecule has 1 amide bonds. The number of carbonyl (C=O) groups is 1. The molecule has 1 aromatic carbocycles. The monoisotopic (exact) mass is 272 g/mol. The van der Waals surface area contributed by atoms with Gasteiger partial charge in [0.05, 0.1) is 6.04 Å². The van der Waals surface area contributed by atoms with Crippen LogP contribution < -0.4 is 10.6 Å². The van der Waals surface area contributed by atoms with Crippen molar-refractivity contribution >= 4 is 16.9 Å². The standard InChI is InChI=1S/C16H20N2O2/c1-11(18-16(19)8-12-6-7-17-10-12)15-9-13-4-2-3-5-14(13)20-15/h2-5,9,11-12,17H,6-8,10H2,1H3,(H,18,19). The molecule has 0 saturated carbocycles. The summed E-state index contributed by atoms with van der Waals surface area (Å²) in [7, 11) is 0. The predicted molar refractivity (Wildman–Crippen MR) is 78.4 cm³/mol. The Balaban J connectivity index is 1.62. The van der Waals surface area contributed by atoms with Crippen LogP contribution in [0.1, 0.15) is 31.6 Å². The van der Waals surface area contributed by atoms with Crippen molar-refractivity contribution in [1.82, 2.24) is 10.6 Å². The van der Waals surface area contributed by atoms with Crippen LogP contribution in [0.15, 0.2) is 34.7 Å². The van der Waals surface area contributed by atoms with Gasteiger partial charge in [0.2, 0.25) is 5.91 Å². The van der Waals surface area contributed by atoms with Crippen LogP contribution in [0.25, 0.3) is 11.0 Å². The lowest BCUT2D eigenvalue weighted by Gasteiger charge is -2.13. The van der Waals surface area contributed by atoms with Gasteiger partial charge >= 0.3 is 0 Å². The van der Waals surface area contributed by atoms with E-state index >= 15 is 0 Å². The molecule has 0 aliphatic carbocycles. The van der Waals surface area contributed by atoms with Crippen LogP contribution in [-0.4, -0.2) is 19.0 Å². The number of benzene rings is 1. The number of fused-ring (bicyclic) bond motifs is 1. The van der Waals surface area contributed by atoms with Crippen LogP contribution >= 0.6 is 0 Å². The number of furan rings is 1. The number of hydrogen-bond donors (Lipinski definition) is 2. The highest BCUT2D eigenvalue weighted by Gasteiger charge is 2.20. The quantitative estimate of drug-likeness (QED) is 0.899. The van der Waals surface area contributed by atoms with Crippen molar-refractivity contribution in [2.45, 2.75) is 25.8 Å². The van der Waals surface area contributed by atoms with Crippen molar-refractivity contribution in [2.24, 2.45) is 5.92 Å². The van der Waals surface area contributed by atoms with E-state index in [0.717, 1.165) is 36.2 Å². The number of amides is 1. The fourth-order valence-electron chi connectivity index (χ4n) is 2.74.